The van der Waals surface area contributed by atoms with E-state index >= 15 is 0 Å². The first-order valence-electron chi connectivity index (χ1n) is 4.56. The second kappa shape index (κ2) is 4.96. The van der Waals surface area contributed by atoms with Crippen molar-refractivity contribution in [2.24, 2.45) is 0 Å². The van der Waals surface area contributed by atoms with E-state index in [1.165, 1.54) is 6.07 Å². The summed E-state index contributed by atoms with van der Waals surface area (Å²) in [4.78, 5) is 15.6. The van der Waals surface area contributed by atoms with Gasteiger partial charge in [0, 0.05) is 19.0 Å². The van der Waals surface area contributed by atoms with Crippen LogP contribution in [0, 0.1) is 0 Å². The fraction of sp³-hybridized carbons (Fsp3) is 0.400. The van der Waals surface area contributed by atoms with Gasteiger partial charge in [-0.2, -0.15) is 0 Å². The highest BCUT2D eigenvalue weighted by molar-refractivity contribution is 6.29. The van der Waals surface area contributed by atoms with E-state index in [-0.39, 0.29) is 10.7 Å². The molecule has 0 spiro atoms. The normalized spacial score (nSPS) is 10.1. The smallest absolute Gasteiger partial charge is 0.254 e. The molecule has 0 unspecified atom stereocenters. The van der Waals surface area contributed by atoms with Crippen molar-refractivity contribution in [1.82, 2.24) is 9.55 Å². The lowest BCUT2D eigenvalue weighted by molar-refractivity contribution is 0.621. The molecule has 0 bridgehead atoms. The Balaban J connectivity index is 3.11. The molecular weight excluding hydrogens is 200 g/mol. The Hall–Kier alpha value is -1.09. The number of nitrogens with zero attached hydrogens (tertiary/aromatic N) is 2. The largest absolute Gasteiger partial charge is 0.296 e. The highest BCUT2D eigenvalue weighted by Crippen LogP contribution is 2.03. The Kier molecular flexibility index (Phi) is 3.89. The number of rotatable bonds is 4. The van der Waals surface area contributed by atoms with E-state index in [4.69, 9.17) is 11.6 Å². The van der Waals surface area contributed by atoms with Crippen LogP contribution in [0.15, 0.2) is 23.5 Å². The van der Waals surface area contributed by atoms with Gasteiger partial charge in [-0.05, 0) is 6.42 Å². The average Bonchev–Trinajstić information content (AvgIpc) is 2.15. The van der Waals surface area contributed by atoms with Gasteiger partial charge in [-0.15, -0.1) is 6.58 Å². The van der Waals surface area contributed by atoms with E-state index in [2.05, 4.69) is 11.6 Å². The molecule has 0 amide bonds. The molecule has 0 fully saturated rings. The van der Waals surface area contributed by atoms with Gasteiger partial charge in [-0.1, -0.05) is 24.6 Å². The summed E-state index contributed by atoms with van der Waals surface area (Å²) in [5.74, 6) is 0.726. The summed E-state index contributed by atoms with van der Waals surface area (Å²) in [6.07, 6.45) is 3.24. The third kappa shape index (κ3) is 2.45. The summed E-state index contributed by atoms with van der Waals surface area (Å²) < 4.78 is 1.63. The standard InChI is InChI=1S/C10H13ClN2O/c1-3-5-6-13-9(4-2)12-8(11)7-10(13)14/h3,7H,1,4-6H2,2H3. The Morgan fingerprint density at radius 3 is 3.00 bits per heavy atom. The topological polar surface area (TPSA) is 34.9 Å². The molecule has 0 atom stereocenters. The summed E-state index contributed by atoms with van der Waals surface area (Å²) in [5.41, 5.74) is -0.0938. The third-order valence-electron chi connectivity index (χ3n) is 1.93. The molecule has 1 heterocycles. The summed E-state index contributed by atoms with van der Waals surface area (Å²) >= 11 is 5.69. The fourth-order valence-electron chi connectivity index (χ4n) is 1.25. The number of allylic oxidation sites excluding steroid dienone is 1. The van der Waals surface area contributed by atoms with Crippen molar-refractivity contribution in [1.29, 1.82) is 0 Å². The second-order valence-corrected chi connectivity index (χ2v) is 3.30. The van der Waals surface area contributed by atoms with Crippen LogP contribution < -0.4 is 5.56 Å². The van der Waals surface area contributed by atoms with Crippen molar-refractivity contribution in [3.8, 4) is 0 Å². The molecule has 0 saturated heterocycles. The predicted molar refractivity (Wildman–Crippen MR) is 57.7 cm³/mol. The van der Waals surface area contributed by atoms with Gasteiger partial charge in [0.15, 0.2) is 0 Å². The van der Waals surface area contributed by atoms with Crippen molar-refractivity contribution >= 4 is 11.6 Å². The highest BCUT2D eigenvalue weighted by Gasteiger charge is 2.04. The molecule has 0 aliphatic rings. The number of hydrogen-bond acceptors (Lipinski definition) is 2. The maximum Gasteiger partial charge on any atom is 0.254 e. The molecule has 0 radical (unpaired) electrons. The predicted octanol–water partition coefficient (Wildman–Crippen LogP) is 2.04. The van der Waals surface area contributed by atoms with Gasteiger partial charge < -0.3 is 0 Å². The van der Waals surface area contributed by atoms with Crippen LogP contribution in [0.4, 0.5) is 0 Å². The van der Waals surface area contributed by atoms with Crippen LogP contribution in [0.5, 0.6) is 0 Å². The number of aromatic nitrogens is 2. The summed E-state index contributed by atoms with van der Waals surface area (Å²) in [5, 5.41) is 0.265. The van der Waals surface area contributed by atoms with Crippen molar-refractivity contribution < 1.29 is 0 Å². The highest BCUT2D eigenvalue weighted by atomic mass is 35.5. The van der Waals surface area contributed by atoms with Gasteiger partial charge >= 0.3 is 0 Å². The zero-order chi connectivity index (χ0) is 10.6. The number of hydrogen-bond donors (Lipinski definition) is 0. The van der Waals surface area contributed by atoms with Gasteiger partial charge in [0.05, 0.1) is 0 Å². The van der Waals surface area contributed by atoms with Crippen LogP contribution >= 0.6 is 11.6 Å². The number of aryl methyl sites for hydroxylation is 1. The fourth-order valence-corrected chi connectivity index (χ4v) is 1.44. The Labute approximate surface area is 88.0 Å². The number of halogens is 1. The van der Waals surface area contributed by atoms with Gasteiger partial charge in [-0.25, -0.2) is 4.98 Å². The molecule has 1 aromatic heterocycles. The zero-order valence-electron chi connectivity index (χ0n) is 8.16. The molecule has 76 valence electrons. The SMILES string of the molecule is C=CCCn1c(CC)nc(Cl)cc1=O. The van der Waals surface area contributed by atoms with Crippen LogP contribution in [-0.4, -0.2) is 9.55 Å². The molecule has 0 aliphatic heterocycles. The zero-order valence-corrected chi connectivity index (χ0v) is 8.92. The molecule has 0 aromatic carbocycles. The molecule has 14 heavy (non-hydrogen) atoms. The van der Waals surface area contributed by atoms with E-state index in [9.17, 15) is 4.79 Å². The van der Waals surface area contributed by atoms with Crippen molar-refractivity contribution in [2.45, 2.75) is 26.3 Å². The van der Waals surface area contributed by atoms with Gasteiger partial charge in [0.2, 0.25) is 0 Å². The minimum Gasteiger partial charge on any atom is -0.296 e. The van der Waals surface area contributed by atoms with Gasteiger partial charge in [-0.3, -0.25) is 9.36 Å². The Bertz CT molecular complexity index is 384. The van der Waals surface area contributed by atoms with Crippen LogP contribution in [0.2, 0.25) is 5.15 Å². The van der Waals surface area contributed by atoms with Gasteiger partial charge in [0.25, 0.3) is 5.56 Å². The van der Waals surface area contributed by atoms with Crippen molar-refractivity contribution in [3.63, 3.8) is 0 Å². The Morgan fingerprint density at radius 1 is 1.71 bits per heavy atom. The van der Waals surface area contributed by atoms with E-state index < -0.39 is 0 Å². The van der Waals surface area contributed by atoms with Crippen LogP contribution in [-0.2, 0) is 13.0 Å². The Morgan fingerprint density at radius 2 is 2.43 bits per heavy atom. The molecule has 0 saturated carbocycles. The van der Waals surface area contributed by atoms with Crippen LogP contribution in [0.1, 0.15) is 19.2 Å². The van der Waals surface area contributed by atoms with Crippen LogP contribution in [0.3, 0.4) is 0 Å². The lowest BCUT2D eigenvalue weighted by Crippen LogP contribution is -2.24. The molecule has 4 heteroatoms. The first-order chi connectivity index (χ1) is 6.69. The molecular formula is C10H13ClN2O. The van der Waals surface area contributed by atoms with E-state index in [0.29, 0.717) is 13.0 Å². The quantitative estimate of drug-likeness (QED) is 0.566. The van der Waals surface area contributed by atoms with E-state index in [0.717, 1.165) is 12.2 Å². The minimum atomic E-state index is -0.0938. The molecule has 0 aliphatic carbocycles. The second-order valence-electron chi connectivity index (χ2n) is 2.92. The van der Waals surface area contributed by atoms with Crippen molar-refractivity contribution in [3.05, 3.63) is 40.1 Å². The monoisotopic (exact) mass is 212 g/mol. The molecule has 1 rings (SSSR count). The van der Waals surface area contributed by atoms with Gasteiger partial charge in [0.1, 0.15) is 11.0 Å². The summed E-state index contributed by atoms with van der Waals surface area (Å²) in [6, 6.07) is 1.34. The lowest BCUT2D eigenvalue weighted by Gasteiger charge is -2.08. The maximum atomic E-state index is 11.5. The van der Waals surface area contributed by atoms with Crippen LogP contribution in [0.25, 0.3) is 0 Å². The van der Waals surface area contributed by atoms with E-state index in [1.54, 1.807) is 10.6 Å². The first-order valence-corrected chi connectivity index (χ1v) is 4.94. The van der Waals surface area contributed by atoms with Crippen molar-refractivity contribution in [2.75, 3.05) is 0 Å². The van der Waals surface area contributed by atoms with E-state index in [1.807, 2.05) is 6.92 Å². The average molecular weight is 213 g/mol. The lowest BCUT2D eigenvalue weighted by atomic mass is 10.3. The maximum absolute atomic E-state index is 11.5. The third-order valence-corrected chi connectivity index (χ3v) is 2.12. The molecule has 3 nitrogen and oxygen atoms in total. The molecule has 0 N–H and O–H groups in total. The summed E-state index contributed by atoms with van der Waals surface area (Å²) in [7, 11) is 0. The molecule has 1 aromatic rings. The first kappa shape index (κ1) is 11.0. The summed E-state index contributed by atoms with van der Waals surface area (Å²) in [6.45, 7) is 6.18. The minimum absolute atomic E-state index is 0.0938.